The molecular formula is C22H36NO2+. The first-order valence-corrected chi connectivity index (χ1v) is 10.0. The largest absolute Gasteiger partial charge is 0.350 e. The van der Waals surface area contributed by atoms with E-state index >= 15 is 0 Å². The van der Waals surface area contributed by atoms with Crippen LogP contribution in [0.2, 0.25) is 0 Å². The van der Waals surface area contributed by atoms with E-state index in [9.17, 15) is 0 Å². The maximum atomic E-state index is 6.19. The van der Waals surface area contributed by atoms with Gasteiger partial charge in [-0.3, -0.25) is 0 Å². The number of benzene rings is 1. The third-order valence-electron chi connectivity index (χ3n) is 5.84. The Morgan fingerprint density at radius 2 is 1.72 bits per heavy atom. The van der Waals surface area contributed by atoms with Gasteiger partial charge < -0.3 is 14.0 Å². The number of quaternary nitrogens is 1. The molecule has 2 aliphatic heterocycles. The standard InChI is InChI=1S/C22H36NO2/c1-22(2,3)19-11-8-18(9-12-19)10-13-21-24-17-20(25-21)16-23(4)14-6-5-7-15-23/h8-9,11-12,20-21H,5-7,10,13-17H2,1-4H3/q+1/t20-,21+/m0/s1. The van der Waals surface area contributed by atoms with Gasteiger partial charge in [0.15, 0.2) is 6.29 Å². The van der Waals surface area contributed by atoms with Crippen LogP contribution in [0.1, 0.15) is 57.6 Å². The van der Waals surface area contributed by atoms with Crippen molar-refractivity contribution in [1.29, 1.82) is 0 Å². The van der Waals surface area contributed by atoms with Gasteiger partial charge in [0.25, 0.3) is 0 Å². The van der Waals surface area contributed by atoms with Gasteiger partial charge in [-0.1, -0.05) is 45.0 Å². The molecule has 0 N–H and O–H groups in total. The van der Waals surface area contributed by atoms with Gasteiger partial charge in [-0.05, 0) is 42.2 Å². The van der Waals surface area contributed by atoms with Crippen LogP contribution in [0.25, 0.3) is 0 Å². The summed E-state index contributed by atoms with van der Waals surface area (Å²) in [5.74, 6) is 0. The molecular weight excluding hydrogens is 310 g/mol. The van der Waals surface area contributed by atoms with Crippen molar-refractivity contribution in [3.8, 4) is 0 Å². The molecule has 0 radical (unpaired) electrons. The van der Waals surface area contributed by atoms with Crippen LogP contribution in [-0.2, 0) is 21.3 Å². The van der Waals surface area contributed by atoms with E-state index in [1.807, 2.05) is 0 Å². The highest BCUT2D eigenvalue weighted by molar-refractivity contribution is 5.27. The van der Waals surface area contributed by atoms with Crippen molar-refractivity contribution in [1.82, 2.24) is 0 Å². The molecule has 140 valence electrons. The zero-order chi connectivity index (χ0) is 17.9. The quantitative estimate of drug-likeness (QED) is 0.741. The maximum Gasteiger partial charge on any atom is 0.158 e. The van der Waals surface area contributed by atoms with Gasteiger partial charge in [-0.15, -0.1) is 0 Å². The van der Waals surface area contributed by atoms with E-state index in [4.69, 9.17) is 9.47 Å². The summed E-state index contributed by atoms with van der Waals surface area (Å²) in [5.41, 5.74) is 2.98. The van der Waals surface area contributed by atoms with E-state index < -0.39 is 0 Å². The molecule has 1 aromatic rings. The number of hydrogen-bond donors (Lipinski definition) is 0. The van der Waals surface area contributed by atoms with E-state index in [1.54, 1.807) is 0 Å². The number of likely N-dealkylation sites (tertiary alicyclic amines) is 1. The van der Waals surface area contributed by atoms with E-state index in [0.717, 1.165) is 30.5 Å². The Kier molecular flexibility index (Phi) is 5.87. The number of piperidine rings is 1. The molecule has 0 saturated carbocycles. The van der Waals surface area contributed by atoms with Gasteiger partial charge in [0.05, 0.1) is 26.7 Å². The molecule has 0 aromatic heterocycles. The Labute approximate surface area is 153 Å². The molecule has 2 atom stereocenters. The summed E-state index contributed by atoms with van der Waals surface area (Å²) in [6.07, 6.45) is 6.34. The lowest BCUT2D eigenvalue weighted by molar-refractivity contribution is -0.916. The highest BCUT2D eigenvalue weighted by atomic mass is 16.7. The number of nitrogens with zero attached hydrogens (tertiary/aromatic N) is 1. The van der Waals surface area contributed by atoms with E-state index in [2.05, 4.69) is 52.1 Å². The Hall–Kier alpha value is -0.900. The first-order valence-electron chi connectivity index (χ1n) is 10.0. The van der Waals surface area contributed by atoms with Crippen LogP contribution in [-0.4, -0.2) is 50.2 Å². The average molecular weight is 347 g/mol. The fourth-order valence-corrected chi connectivity index (χ4v) is 4.16. The lowest BCUT2D eigenvalue weighted by Crippen LogP contribution is -2.52. The predicted octanol–water partition coefficient (Wildman–Crippen LogP) is 4.29. The second-order valence-electron chi connectivity index (χ2n) is 9.32. The zero-order valence-electron chi connectivity index (χ0n) is 16.6. The van der Waals surface area contributed by atoms with Gasteiger partial charge in [0.1, 0.15) is 12.6 Å². The fourth-order valence-electron chi connectivity index (χ4n) is 4.16. The molecule has 0 aliphatic carbocycles. The number of ether oxygens (including phenoxy) is 2. The number of rotatable bonds is 5. The molecule has 1 aromatic carbocycles. The molecule has 25 heavy (non-hydrogen) atoms. The van der Waals surface area contributed by atoms with Crippen LogP contribution in [0.5, 0.6) is 0 Å². The van der Waals surface area contributed by atoms with Crippen molar-refractivity contribution in [3.05, 3.63) is 35.4 Å². The molecule has 3 heteroatoms. The molecule has 0 bridgehead atoms. The minimum Gasteiger partial charge on any atom is -0.350 e. The molecule has 0 amide bonds. The Morgan fingerprint density at radius 1 is 1.04 bits per heavy atom. The fraction of sp³-hybridized carbons (Fsp3) is 0.727. The Morgan fingerprint density at radius 3 is 2.36 bits per heavy atom. The smallest absolute Gasteiger partial charge is 0.158 e. The lowest BCUT2D eigenvalue weighted by Gasteiger charge is -2.39. The van der Waals surface area contributed by atoms with E-state index in [0.29, 0.717) is 0 Å². The summed E-state index contributed by atoms with van der Waals surface area (Å²) in [5, 5.41) is 0. The Bertz CT molecular complexity index is 540. The normalized spacial score (nSPS) is 26.7. The van der Waals surface area contributed by atoms with Crippen molar-refractivity contribution < 1.29 is 14.0 Å². The van der Waals surface area contributed by atoms with Crippen molar-refractivity contribution in [2.24, 2.45) is 0 Å². The molecule has 3 rings (SSSR count). The zero-order valence-corrected chi connectivity index (χ0v) is 16.6. The van der Waals surface area contributed by atoms with Gasteiger partial charge in [0, 0.05) is 6.42 Å². The highest BCUT2D eigenvalue weighted by Crippen LogP contribution is 2.25. The summed E-state index contributed by atoms with van der Waals surface area (Å²) in [4.78, 5) is 0. The molecule has 0 unspecified atom stereocenters. The van der Waals surface area contributed by atoms with Crippen LogP contribution >= 0.6 is 0 Å². The average Bonchev–Trinajstić information content (AvgIpc) is 3.00. The third-order valence-corrected chi connectivity index (χ3v) is 5.84. The molecule has 2 aliphatic rings. The minimum absolute atomic E-state index is 0.0244. The predicted molar refractivity (Wildman–Crippen MR) is 103 cm³/mol. The topological polar surface area (TPSA) is 18.5 Å². The van der Waals surface area contributed by atoms with Gasteiger partial charge in [-0.25, -0.2) is 0 Å². The van der Waals surface area contributed by atoms with Crippen LogP contribution in [0.4, 0.5) is 0 Å². The molecule has 0 spiro atoms. The maximum absolute atomic E-state index is 6.19. The first kappa shape index (κ1) is 18.9. The number of hydrogen-bond acceptors (Lipinski definition) is 2. The van der Waals surface area contributed by atoms with Gasteiger partial charge in [-0.2, -0.15) is 0 Å². The summed E-state index contributed by atoms with van der Waals surface area (Å²) < 4.78 is 13.3. The Balaban J connectivity index is 1.44. The van der Waals surface area contributed by atoms with E-state index in [1.165, 1.54) is 43.5 Å². The van der Waals surface area contributed by atoms with Crippen LogP contribution in [0.3, 0.4) is 0 Å². The second kappa shape index (κ2) is 7.77. The van der Waals surface area contributed by atoms with Crippen LogP contribution in [0.15, 0.2) is 24.3 Å². The number of aryl methyl sites for hydroxylation is 1. The molecule has 2 heterocycles. The molecule has 2 saturated heterocycles. The second-order valence-corrected chi connectivity index (χ2v) is 9.32. The lowest BCUT2D eigenvalue weighted by atomic mass is 9.86. The van der Waals surface area contributed by atoms with Crippen molar-refractivity contribution in [2.75, 3.05) is 33.3 Å². The summed E-state index contributed by atoms with van der Waals surface area (Å²) >= 11 is 0. The van der Waals surface area contributed by atoms with Crippen molar-refractivity contribution >= 4 is 0 Å². The third kappa shape index (κ3) is 5.29. The van der Waals surface area contributed by atoms with E-state index in [-0.39, 0.29) is 17.8 Å². The minimum atomic E-state index is -0.0244. The summed E-state index contributed by atoms with van der Waals surface area (Å²) in [6, 6.07) is 9.03. The highest BCUT2D eigenvalue weighted by Gasteiger charge is 2.34. The summed E-state index contributed by atoms with van der Waals surface area (Å²) in [6.45, 7) is 11.2. The van der Waals surface area contributed by atoms with Crippen LogP contribution < -0.4 is 0 Å². The number of likely N-dealkylation sites (N-methyl/N-ethyl adjacent to an activating group) is 1. The van der Waals surface area contributed by atoms with Crippen LogP contribution in [0, 0.1) is 0 Å². The first-order chi connectivity index (χ1) is 11.8. The molecule has 2 fully saturated rings. The monoisotopic (exact) mass is 346 g/mol. The molecule has 3 nitrogen and oxygen atoms in total. The summed E-state index contributed by atoms with van der Waals surface area (Å²) in [7, 11) is 2.38. The van der Waals surface area contributed by atoms with Gasteiger partial charge in [0.2, 0.25) is 0 Å². The van der Waals surface area contributed by atoms with Crippen molar-refractivity contribution in [3.63, 3.8) is 0 Å². The van der Waals surface area contributed by atoms with Gasteiger partial charge >= 0.3 is 0 Å². The van der Waals surface area contributed by atoms with Crippen molar-refractivity contribution in [2.45, 2.75) is 70.7 Å². The SMILES string of the molecule is CC(C)(C)c1ccc(CC[C@@H]2OC[C@H](C[N+]3(C)CCCCC3)O2)cc1.